The van der Waals surface area contributed by atoms with Crippen LogP contribution in [-0.2, 0) is 16.6 Å². The summed E-state index contributed by atoms with van der Waals surface area (Å²) < 4.78 is 26.3. The zero-order chi connectivity index (χ0) is 13.1. The van der Waals surface area contributed by atoms with E-state index in [9.17, 15) is 8.42 Å². The predicted octanol–water partition coefficient (Wildman–Crippen LogP) is 1.58. The van der Waals surface area contributed by atoms with E-state index in [2.05, 4.69) is 0 Å². The van der Waals surface area contributed by atoms with Crippen LogP contribution >= 0.6 is 23.1 Å². The van der Waals surface area contributed by atoms with E-state index in [1.165, 1.54) is 15.6 Å². The highest BCUT2D eigenvalue weighted by Crippen LogP contribution is 2.25. The molecule has 4 nitrogen and oxygen atoms in total. The molecule has 98 valence electrons. The fraction of sp³-hybridized carbons (Fsp3) is 0.600. The Bertz CT molecular complexity index is 456. The second-order valence-corrected chi connectivity index (χ2v) is 8.05. The van der Waals surface area contributed by atoms with Crippen LogP contribution in [0.1, 0.15) is 11.8 Å². The molecule has 0 aliphatic rings. The van der Waals surface area contributed by atoms with Gasteiger partial charge >= 0.3 is 0 Å². The first-order chi connectivity index (χ1) is 7.93. The number of rotatable bonds is 6. The minimum atomic E-state index is -3.37. The smallest absolute Gasteiger partial charge is 0.252 e. The summed E-state index contributed by atoms with van der Waals surface area (Å²) in [6, 6.07) is 3.38. The van der Waals surface area contributed by atoms with Gasteiger partial charge in [-0.3, -0.25) is 0 Å². The number of hydrogen-bond acceptors (Lipinski definition) is 5. The van der Waals surface area contributed by atoms with Crippen molar-refractivity contribution in [2.45, 2.75) is 23.7 Å². The van der Waals surface area contributed by atoms with Crippen LogP contribution < -0.4 is 5.73 Å². The average molecular weight is 294 g/mol. The fourth-order valence-electron chi connectivity index (χ4n) is 1.33. The van der Waals surface area contributed by atoms with E-state index >= 15 is 0 Å². The molecular weight excluding hydrogens is 276 g/mol. The van der Waals surface area contributed by atoms with Crippen molar-refractivity contribution in [3.63, 3.8) is 0 Å². The summed E-state index contributed by atoms with van der Waals surface area (Å²) in [4.78, 5) is 0.884. The Balaban J connectivity index is 2.94. The first kappa shape index (κ1) is 15.0. The lowest BCUT2D eigenvalue weighted by Gasteiger charge is -2.22. The van der Waals surface area contributed by atoms with Crippen LogP contribution in [-0.4, -0.2) is 37.8 Å². The van der Waals surface area contributed by atoms with Gasteiger partial charge in [0.2, 0.25) is 0 Å². The second kappa shape index (κ2) is 6.19. The van der Waals surface area contributed by atoms with Gasteiger partial charge in [0.15, 0.2) is 0 Å². The van der Waals surface area contributed by atoms with Crippen molar-refractivity contribution in [2.75, 3.05) is 19.1 Å². The van der Waals surface area contributed by atoms with Gasteiger partial charge in [-0.2, -0.15) is 16.1 Å². The van der Waals surface area contributed by atoms with Gasteiger partial charge < -0.3 is 5.73 Å². The monoisotopic (exact) mass is 294 g/mol. The average Bonchev–Trinajstić information content (AvgIpc) is 2.77. The Labute approximate surface area is 111 Å². The van der Waals surface area contributed by atoms with Crippen molar-refractivity contribution >= 4 is 33.1 Å². The van der Waals surface area contributed by atoms with Crippen LogP contribution in [0.15, 0.2) is 16.3 Å². The standard InChI is InChI=1S/C10H18N2O2S3/c1-8(7-15-3)12(2)17(13,14)10-5-4-9(6-11)16-10/h4-5,8H,6-7,11H2,1-3H3. The van der Waals surface area contributed by atoms with Gasteiger partial charge in [-0.1, -0.05) is 0 Å². The van der Waals surface area contributed by atoms with E-state index in [4.69, 9.17) is 5.73 Å². The molecule has 1 atom stereocenters. The molecule has 0 bridgehead atoms. The molecule has 1 heterocycles. The third-order valence-electron chi connectivity index (χ3n) is 2.50. The number of thiophene rings is 1. The molecular formula is C10H18N2O2S3. The molecule has 1 aromatic heterocycles. The molecule has 0 aliphatic carbocycles. The Morgan fingerprint density at radius 2 is 2.18 bits per heavy atom. The van der Waals surface area contributed by atoms with Gasteiger partial charge in [0.05, 0.1) is 0 Å². The van der Waals surface area contributed by atoms with E-state index in [-0.39, 0.29) is 6.04 Å². The van der Waals surface area contributed by atoms with E-state index in [0.717, 1.165) is 10.6 Å². The van der Waals surface area contributed by atoms with Crippen molar-refractivity contribution < 1.29 is 8.42 Å². The zero-order valence-electron chi connectivity index (χ0n) is 10.2. The molecule has 1 rings (SSSR count). The Kier molecular flexibility index (Phi) is 5.46. The van der Waals surface area contributed by atoms with Crippen molar-refractivity contribution in [1.82, 2.24) is 4.31 Å². The zero-order valence-corrected chi connectivity index (χ0v) is 12.7. The first-order valence-electron chi connectivity index (χ1n) is 5.19. The highest BCUT2D eigenvalue weighted by atomic mass is 32.2. The summed E-state index contributed by atoms with van der Waals surface area (Å²) in [6.07, 6.45) is 1.97. The molecule has 0 aromatic carbocycles. The lowest BCUT2D eigenvalue weighted by molar-refractivity contribution is 0.416. The predicted molar refractivity (Wildman–Crippen MR) is 75.0 cm³/mol. The minimum absolute atomic E-state index is 0.0153. The van der Waals surface area contributed by atoms with E-state index in [1.54, 1.807) is 30.9 Å². The molecule has 0 aliphatic heterocycles. The molecule has 2 N–H and O–H groups in total. The molecule has 17 heavy (non-hydrogen) atoms. The minimum Gasteiger partial charge on any atom is -0.326 e. The molecule has 1 aromatic rings. The van der Waals surface area contributed by atoms with Gasteiger partial charge in [-0.15, -0.1) is 11.3 Å². The molecule has 7 heteroatoms. The normalized spacial score (nSPS) is 14.2. The van der Waals surface area contributed by atoms with Gasteiger partial charge in [-0.25, -0.2) is 8.42 Å². The maximum absolute atomic E-state index is 12.3. The van der Waals surface area contributed by atoms with Crippen molar-refractivity contribution in [3.8, 4) is 0 Å². The largest absolute Gasteiger partial charge is 0.326 e. The summed E-state index contributed by atoms with van der Waals surface area (Å²) in [7, 11) is -1.74. The number of sulfonamides is 1. The van der Waals surface area contributed by atoms with Crippen molar-refractivity contribution in [2.24, 2.45) is 5.73 Å². The summed E-state index contributed by atoms with van der Waals surface area (Å²) in [5, 5.41) is 0. The first-order valence-corrected chi connectivity index (χ1v) is 8.84. The van der Waals surface area contributed by atoms with E-state index < -0.39 is 10.0 Å². The van der Waals surface area contributed by atoms with Gasteiger partial charge in [0.1, 0.15) is 4.21 Å². The highest BCUT2D eigenvalue weighted by molar-refractivity contribution is 7.98. The summed E-state index contributed by atoms with van der Waals surface area (Å²) >= 11 is 2.88. The second-order valence-electron chi connectivity index (χ2n) is 3.75. The van der Waals surface area contributed by atoms with Gasteiger partial charge in [0.25, 0.3) is 10.0 Å². The molecule has 0 spiro atoms. The fourth-order valence-corrected chi connectivity index (χ4v) is 4.91. The summed E-state index contributed by atoms with van der Waals surface area (Å²) in [5.41, 5.74) is 5.49. The number of nitrogens with two attached hydrogens (primary N) is 1. The Morgan fingerprint density at radius 1 is 1.53 bits per heavy atom. The Morgan fingerprint density at radius 3 is 2.65 bits per heavy atom. The van der Waals surface area contributed by atoms with E-state index in [1.807, 2.05) is 13.2 Å². The van der Waals surface area contributed by atoms with Crippen molar-refractivity contribution in [3.05, 3.63) is 17.0 Å². The van der Waals surface area contributed by atoms with Gasteiger partial charge in [-0.05, 0) is 25.3 Å². The Hall–Kier alpha value is -0.0800. The lowest BCUT2D eigenvalue weighted by atomic mass is 10.4. The van der Waals surface area contributed by atoms with E-state index in [0.29, 0.717) is 10.8 Å². The van der Waals surface area contributed by atoms with Crippen LogP contribution in [0.2, 0.25) is 0 Å². The lowest BCUT2D eigenvalue weighted by Crippen LogP contribution is -2.36. The number of thioether (sulfide) groups is 1. The van der Waals surface area contributed by atoms with Crippen LogP contribution in [0.4, 0.5) is 0 Å². The van der Waals surface area contributed by atoms with Crippen molar-refractivity contribution in [1.29, 1.82) is 0 Å². The molecule has 1 unspecified atom stereocenters. The SMILES string of the molecule is CSCC(C)N(C)S(=O)(=O)c1ccc(CN)s1. The quantitative estimate of drug-likeness (QED) is 0.865. The molecule has 0 amide bonds. The summed E-state index contributed by atoms with van der Waals surface area (Å²) in [5.74, 6) is 0.783. The third kappa shape index (κ3) is 3.45. The van der Waals surface area contributed by atoms with Crippen LogP contribution in [0.25, 0.3) is 0 Å². The molecule has 0 saturated heterocycles. The summed E-state index contributed by atoms with van der Waals surface area (Å²) in [6.45, 7) is 2.29. The maximum Gasteiger partial charge on any atom is 0.252 e. The van der Waals surface area contributed by atoms with Crippen LogP contribution in [0, 0.1) is 0 Å². The van der Waals surface area contributed by atoms with Crippen LogP contribution in [0.3, 0.4) is 0 Å². The molecule has 0 fully saturated rings. The molecule has 0 radical (unpaired) electrons. The van der Waals surface area contributed by atoms with Gasteiger partial charge in [0, 0.05) is 30.3 Å². The number of nitrogens with zero attached hydrogens (tertiary/aromatic N) is 1. The highest BCUT2D eigenvalue weighted by Gasteiger charge is 2.26. The topological polar surface area (TPSA) is 63.4 Å². The third-order valence-corrected chi connectivity index (χ3v) is 6.86. The number of hydrogen-bond donors (Lipinski definition) is 1. The van der Waals surface area contributed by atoms with Crippen LogP contribution in [0.5, 0.6) is 0 Å². The maximum atomic E-state index is 12.3. The molecule has 0 saturated carbocycles.